The molecule has 0 bridgehead atoms. The minimum Gasteiger partial charge on any atom is -0.292 e. The van der Waals surface area contributed by atoms with Gasteiger partial charge < -0.3 is 0 Å². The predicted octanol–water partition coefficient (Wildman–Crippen LogP) is 4.43. The van der Waals surface area contributed by atoms with E-state index in [9.17, 15) is 13.6 Å². The number of rotatable bonds is 4. The Morgan fingerprint density at radius 1 is 1.10 bits per heavy atom. The fourth-order valence-corrected chi connectivity index (χ4v) is 2.75. The standard InChI is InChI=1S/C16H14F2OS/c1-16(20-2,13-9-8-12(17)10-14(13)18)15(19)11-6-4-3-5-7-11/h3-10H,1-2H3. The summed E-state index contributed by atoms with van der Waals surface area (Å²) < 4.78 is 26.0. The molecular formula is C16H14F2OS. The molecule has 1 atom stereocenters. The summed E-state index contributed by atoms with van der Waals surface area (Å²) in [4.78, 5) is 12.7. The third-order valence-electron chi connectivity index (χ3n) is 3.32. The number of carbonyl (C=O) groups is 1. The molecule has 1 unspecified atom stereocenters. The maximum absolute atomic E-state index is 14.0. The topological polar surface area (TPSA) is 17.1 Å². The Balaban J connectivity index is 2.51. The van der Waals surface area contributed by atoms with Gasteiger partial charge in [-0.2, -0.15) is 0 Å². The van der Waals surface area contributed by atoms with Crippen molar-refractivity contribution < 1.29 is 13.6 Å². The number of Topliss-reactive ketones (excluding diaryl/α,β-unsaturated/α-hetero) is 1. The Kier molecular flexibility index (Phi) is 4.23. The summed E-state index contributed by atoms with van der Waals surface area (Å²) in [5.74, 6) is -1.55. The summed E-state index contributed by atoms with van der Waals surface area (Å²) in [6.45, 7) is 1.66. The Morgan fingerprint density at radius 3 is 2.30 bits per heavy atom. The van der Waals surface area contributed by atoms with Gasteiger partial charge in [-0.3, -0.25) is 4.79 Å². The molecule has 0 radical (unpaired) electrons. The van der Waals surface area contributed by atoms with Gasteiger partial charge in [0, 0.05) is 17.2 Å². The lowest BCUT2D eigenvalue weighted by atomic mass is 9.91. The molecule has 104 valence electrons. The van der Waals surface area contributed by atoms with Crippen LogP contribution in [-0.4, -0.2) is 12.0 Å². The second-order valence-corrected chi connectivity index (χ2v) is 5.78. The molecule has 4 heteroatoms. The molecule has 0 fully saturated rings. The van der Waals surface area contributed by atoms with Crippen LogP contribution in [0.1, 0.15) is 22.8 Å². The largest absolute Gasteiger partial charge is 0.292 e. The van der Waals surface area contributed by atoms with Gasteiger partial charge in [-0.25, -0.2) is 8.78 Å². The molecule has 1 nitrogen and oxygen atoms in total. The molecule has 0 amide bonds. The number of carbonyl (C=O) groups excluding carboxylic acids is 1. The van der Waals surface area contributed by atoms with Crippen molar-refractivity contribution in [3.05, 3.63) is 71.3 Å². The normalized spacial score (nSPS) is 13.8. The monoisotopic (exact) mass is 292 g/mol. The van der Waals surface area contributed by atoms with Gasteiger partial charge in [-0.15, -0.1) is 11.8 Å². The molecule has 20 heavy (non-hydrogen) atoms. The second-order valence-electron chi connectivity index (χ2n) is 4.56. The Bertz CT molecular complexity index is 628. The van der Waals surface area contributed by atoms with Gasteiger partial charge in [0.15, 0.2) is 5.78 Å². The summed E-state index contributed by atoms with van der Waals surface area (Å²) in [7, 11) is 0. The molecule has 0 aliphatic carbocycles. The maximum Gasteiger partial charge on any atom is 0.183 e. The Morgan fingerprint density at radius 2 is 1.75 bits per heavy atom. The zero-order valence-electron chi connectivity index (χ0n) is 11.2. The summed E-state index contributed by atoms with van der Waals surface area (Å²) in [5.41, 5.74) is 0.702. The number of ketones is 1. The third-order valence-corrected chi connectivity index (χ3v) is 4.54. The van der Waals surface area contributed by atoms with Crippen LogP contribution in [0.25, 0.3) is 0 Å². The van der Waals surface area contributed by atoms with E-state index < -0.39 is 16.4 Å². The highest BCUT2D eigenvalue weighted by Crippen LogP contribution is 2.39. The van der Waals surface area contributed by atoms with E-state index >= 15 is 0 Å². The minimum absolute atomic E-state index is 0.195. The van der Waals surface area contributed by atoms with Gasteiger partial charge in [0.2, 0.25) is 0 Å². The smallest absolute Gasteiger partial charge is 0.183 e. The molecule has 0 saturated carbocycles. The van der Waals surface area contributed by atoms with Crippen LogP contribution in [0.5, 0.6) is 0 Å². The highest BCUT2D eigenvalue weighted by atomic mass is 32.2. The number of thioether (sulfide) groups is 1. The van der Waals surface area contributed by atoms with Crippen LogP contribution in [0, 0.1) is 11.6 Å². The second kappa shape index (κ2) is 5.75. The van der Waals surface area contributed by atoms with Gasteiger partial charge in [0.25, 0.3) is 0 Å². The van der Waals surface area contributed by atoms with Crippen LogP contribution in [0.15, 0.2) is 48.5 Å². The van der Waals surface area contributed by atoms with Crippen LogP contribution in [0.4, 0.5) is 8.78 Å². The van der Waals surface area contributed by atoms with E-state index in [-0.39, 0.29) is 11.3 Å². The van der Waals surface area contributed by atoms with Crippen molar-refractivity contribution >= 4 is 17.5 Å². The Labute approximate surface area is 121 Å². The zero-order valence-corrected chi connectivity index (χ0v) is 12.0. The van der Waals surface area contributed by atoms with Gasteiger partial charge in [0.05, 0.1) is 0 Å². The predicted molar refractivity (Wildman–Crippen MR) is 78.0 cm³/mol. The molecule has 2 aromatic rings. The zero-order chi connectivity index (χ0) is 14.8. The first-order chi connectivity index (χ1) is 9.49. The molecule has 0 heterocycles. The van der Waals surface area contributed by atoms with Crippen LogP contribution in [-0.2, 0) is 4.75 Å². The molecule has 0 aliphatic rings. The van der Waals surface area contributed by atoms with Gasteiger partial charge >= 0.3 is 0 Å². The van der Waals surface area contributed by atoms with E-state index in [0.29, 0.717) is 5.56 Å². The number of hydrogen-bond donors (Lipinski definition) is 0. The summed E-state index contributed by atoms with van der Waals surface area (Å²) >= 11 is 1.24. The van der Waals surface area contributed by atoms with Crippen LogP contribution < -0.4 is 0 Å². The van der Waals surface area contributed by atoms with Crippen molar-refractivity contribution in [2.45, 2.75) is 11.7 Å². The molecule has 0 aromatic heterocycles. The van der Waals surface area contributed by atoms with E-state index in [1.807, 2.05) is 6.07 Å². The highest BCUT2D eigenvalue weighted by molar-refractivity contribution is 8.00. The lowest BCUT2D eigenvalue weighted by Gasteiger charge is -2.27. The fourth-order valence-electron chi connectivity index (χ4n) is 2.07. The van der Waals surface area contributed by atoms with Crippen molar-refractivity contribution in [3.63, 3.8) is 0 Å². The minimum atomic E-state index is -1.08. The summed E-state index contributed by atoms with van der Waals surface area (Å²) in [6.07, 6.45) is 1.74. The van der Waals surface area contributed by atoms with Crippen LogP contribution >= 0.6 is 11.8 Å². The molecule has 0 N–H and O–H groups in total. The molecule has 0 spiro atoms. The quantitative estimate of drug-likeness (QED) is 0.776. The molecule has 2 aromatic carbocycles. The van der Waals surface area contributed by atoms with E-state index in [1.54, 1.807) is 37.4 Å². The van der Waals surface area contributed by atoms with E-state index in [2.05, 4.69) is 0 Å². The van der Waals surface area contributed by atoms with E-state index in [1.165, 1.54) is 23.9 Å². The average molecular weight is 292 g/mol. The third kappa shape index (κ3) is 2.61. The van der Waals surface area contributed by atoms with Crippen molar-refractivity contribution in [1.29, 1.82) is 0 Å². The van der Waals surface area contributed by atoms with Gasteiger partial charge in [0.1, 0.15) is 16.4 Å². The van der Waals surface area contributed by atoms with Crippen molar-refractivity contribution in [1.82, 2.24) is 0 Å². The summed E-state index contributed by atoms with van der Waals surface area (Å²) in [5, 5.41) is 0. The lowest BCUT2D eigenvalue weighted by molar-refractivity contribution is 0.0948. The number of hydrogen-bond acceptors (Lipinski definition) is 2. The van der Waals surface area contributed by atoms with Crippen molar-refractivity contribution in [2.24, 2.45) is 0 Å². The fraction of sp³-hybridized carbons (Fsp3) is 0.188. The van der Waals surface area contributed by atoms with Gasteiger partial charge in [-0.1, -0.05) is 36.4 Å². The van der Waals surface area contributed by atoms with E-state index in [4.69, 9.17) is 0 Å². The SMILES string of the molecule is CSC(C)(C(=O)c1ccccc1)c1ccc(F)cc1F. The Hall–Kier alpha value is -1.68. The van der Waals surface area contributed by atoms with Gasteiger partial charge in [-0.05, 0) is 19.2 Å². The first-order valence-corrected chi connectivity index (χ1v) is 7.32. The molecule has 2 rings (SSSR count). The van der Waals surface area contributed by atoms with Crippen LogP contribution in [0.2, 0.25) is 0 Å². The maximum atomic E-state index is 14.0. The summed E-state index contributed by atoms with van der Waals surface area (Å²) in [6, 6.07) is 12.0. The van der Waals surface area contributed by atoms with E-state index in [0.717, 1.165) is 6.07 Å². The van der Waals surface area contributed by atoms with Crippen molar-refractivity contribution in [3.8, 4) is 0 Å². The van der Waals surface area contributed by atoms with Crippen LogP contribution in [0.3, 0.4) is 0 Å². The lowest BCUT2D eigenvalue weighted by Crippen LogP contribution is -2.30. The highest BCUT2D eigenvalue weighted by Gasteiger charge is 2.37. The molecule has 0 aliphatic heterocycles. The van der Waals surface area contributed by atoms with Crippen molar-refractivity contribution in [2.75, 3.05) is 6.26 Å². The molecule has 0 saturated heterocycles. The first kappa shape index (κ1) is 14.7. The first-order valence-electron chi connectivity index (χ1n) is 6.09. The average Bonchev–Trinajstić information content (AvgIpc) is 2.46. The number of halogens is 2. The number of benzene rings is 2. The molecular weight excluding hydrogens is 278 g/mol.